The lowest BCUT2D eigenvalue weighted by molar-refractivity contribution is -0.137. The van der Waals surface area contributed by atoms with Crippen LogP contribution >= 0.6 is 0 Å². The highest BCUT2D eigenvalue weighted by Gasteiger charge is 2.17. The van der Waals surface area contributed by atoms with Gasteiger partial charge in [0.05, 0.1) is 7.11 Å². The summed E-state index contributed by atoms with van der Waals surface area (Å²) in [7, 11) is 1.57. The molecule has 5 heteroatoms. The summed E-state index contributed by atoms with van der Waals surface area (Å²) in [4.78, 5) is 15.3. The molecule has 0 aliphatic heterocycles. The Bertz CT molecular complexity index is 676. The van der Waals surface area contributed by atoms with Crippen molar-refractivity contribution >= 4 is 22.6 Å². The number of aromatic nitrogens is 1. The van der Waals surface area contributed by atoms with E-state index < -0.39 is 12.0 Å². The normalized spacial score (nSPS) is 11.6. The zero-order valence-electron chi connectivity index (χ0n) is 11.0. The van der Waals surface area contributed by atoms with Crippen LogP contribution in [0.3, 0.4) is 0 Å². The first kappa shape index (κ1) is 13.7. The second-order valence-electron chi connectivity index (χ2n) is 4.19. The van der Waals surface area contributed by atoms with Crippen molar-refractivity contribution in [3.05, 3.63) is 30.5 Å². The Morgan fingerprint density at radius 2 is 2.35 bits per heavy atom. The molecule has 2 N–H and O–H groups in total. The number of methoxy groups -OCH3 is 1. The molecule has 0 spiro atoms. The van der Waals surface area contributed by atoms with Crippen molar-refractivity contribution in [3.63, 3.8) is 0 Å². The minimum atomic E-state index is -1.01. The predicted octanol–water partition coefficient (Wildman–Crippen LogP) is 2.13. The number of nitrogens with one attached hydrogen (secondary N) is 1. The fraction of sp³-hybridized carbons (Fsp3) is 0.200. The van der Waals surface area contributed by atoms with Gasteiger partial charge in [0.15, 0.2) is 0 Å². The number of terminal acetylenes is 1. The Hall–Kier alpha value is -2.74. The van der Waals surface area contributed by atoms with Gasteiger partial charge < -0.3 is 15.2 Å². The van der Waals surface area contributed by atoms with Crippen molar-refractivity contribution in [2.24, 2.45) is 0 Å². The number of anilines is 1. The predicted molar refractivity (Wildman–Crippen MR) is 76.8 cm³/mol. The van der Waals surface area contributed by atoms with Gasteiger partial charge in [-0.25, -0.2) is 9.78 Å². The molecule has 1 atom stereocenters. The van der Waals surface area contributed by atoms with Crippen LogP contribution in [-0.2, 0) is 4.79 Å². The van der Waals surface area contributed by atoms with E-state index in [0.717, 1.165) is 10.8 Å². The average molecular weight is 270 g/mol. The Morgan fingerprint density at radius 3 is 3.00 bits per heavy atom. The molecule has 0 saturated carbocycles. The Kier molecular flexibility index (Phi) is 4.06. The zero-order chi connectivity index (χ0) is 14.5. The topological polar surface area (TPSA) is 71.5 Å². The highest BCUT2D eigenvalue weighted by molar-refractivity contribution is 5.94. The Labute approximate surface area is 116 Å². The van der Waals surface area contributed by atoms with Crippen LogP contribution in [0.2, 0.25) is 0 Å². The second kappa shape index (κ2) is 5.93. The number of aliphatic carboxylic acids is 1. The van der Waals surface area contributed by atoms with E-state index in [1.165, 1.54) is 0 Å². The maximum atomic E-state index is 11.1. The fourth-order valence-electron chi connectivity index (χ4n) is 1.87. The van der Waals surface area contributed by atoms with Gasteiger partial charge in [-0.15, -0.1) is 12.3 Å². The van der Waals surface area contributed by atoms with Crippen LogP contribution < -0.4 is 10.1 Å². The lowest BCUT2D eigenvalue weighted by Crippen LogP contribution is -2.29. The van der Waals surface area contributed by atoms with E-state index in [1.54, 1.807) is 19.4 Å². The summed E-state index contributed by atoms with van der Waals surface area (Å²) in [5.41, 5.74) is 0. The van der Waals surface area contributed by atoms with Gasteiger partial charge in [-0.1, -0.05) is 6.07 Å². The number of rotatable bonds is 5. The van der Waals surface area contributed by atoms with Crippen molar-refractivity contribution in [2.45, 2.75) is 12.5 Å². The van der Waals surface area contributed by atoms with Crippen LogP contribution in [0.25, 0.3) is 10.8 Å². The van der Waals surface area contributed by atoms with Gasteiger partial charge in [0.1, 0.15) is 17.6 Å². The summed E-state index contributed by atoms with van der Waals surface area (Å²) in [6.45, 7) is 0. The molecule has 2 rings (SSSR count). The molecule has 0 aliphatic carbocycles. The van der Waals surface area contributed by atoms with E-state index in [2.05, 4.69) is 16.2 Å². The van der Waals surface area contributed by atoms with Crippen LogP contribution in [0, 0.1) is 12.3 Å². The van der Waals surface area contributed by atoms with Crippen molar-refractivity contribution in [3.8, 4) is 18.1 Å². The van der Waals surface area contributed by atoms with Crippen molar-refractivity contribution in [1.29, 1.82) is 0 Å². The largest absolute Gasteiger partial charge is 0.497 e. The number of carboxylic acid groups (broad SMARTS) is 1. The van der Waals surface area contributed by atoms with Gasteiger partial charge in [0.2, 0.25) is 0 Å². The van der Waals surface area contributed by atoms with Gasteiger partial charge in [0, 0.05) is 18.0 Å². The second-order valence-corrected chi connectivity index (χ2v) is 4.19. The molecule has 102 valence electrons. The Balaban J connectivity index is 2.43. The van der Waals surface area contributed by atoms with E-state index in [9.17, 15) is 4.79 Å². The summed E-state index contributed by atoms with van der Waals surface area (Å²) < 4.78 is 5.17. The summed E-state index contributed by atoms with van der Waals surface area (Å²) in [5.74, 6) is 2.49. The Morgan fingerprint density at radius 1 is 1.55 bits per heavy atom. The number of pyridine rings is 1. The minimum Gasteiger partial charge on any atom is -0.497 e. The van der Waals surface area contributed by atoms with Gasteiger partial charge in [0.25, 0.3) is 0 Å². The smallest absolute Gasteiger partial charge is 0.327 e. The van der Waals surface area contributed by atoms with E-state index in [4.69, 9.17) is 16.3 Å². The van der Waals surface area contributed by atoms with E-state index in [0.29, 0.717) is 11.6 Å². The van der Waals surface area contributed by atoms with Crippen molar-refractivity contribution < 1.29 is 14.6 Å². The fourth-order valence-corrected chi connectivity index (χ4v) is 1.87. The molecule has 1 unspecified atom stereocenters. The number of carbonyl (C=O) groups is 1. The minimum absolute atomic E-state index is 0.0807. The standard InChI is InChI=1S/C15H14N2O3/c1-3-4-13(15(18)19)17-14-12-9-11(20-2)6-5-10(12)7-8-16-14/h1,5-9,13H,4H2,2H3,(H,16,17)(H,18,19). The molecule has 5 nitrogen and oxygen atoms in total. The lowest BCUT2D eigenvalue weighted by Gasteiger charge is -2.14. The zero-order valence-corrected chi connectivity index (χ0v) is 11.0. The maximum Gasteiger partial charge on any atom is 0.327 e. The van der Waals surface area contributed by atoms with E-state index >= 15 is 0 Å². The molecule has 0 amide bonds. The number of fused-ring (bicyclic) bond motifs is 1. The SMILES string of the molecule is C#CCC(Nc1nccc2ccc(OC)cc12)C(=O)O. The summed E-state index contributed by atoms with van der Waals surface area (Å²) >= 11 is 0. The van der Waals surface area contributed by atoms with E-state index in [1.807, 2.05) is 18.2 Å². The molecule has 1 aromatic carbocycles. The van der Waals surface area contributed by atoms with Gasteiger partial charge in [-0.2, -0.15) is 0 Å². The van der Waals surface area contributed by atoms with Crippen molar-refractivity contribution in [1.82, 2.24) is 4.98 Å². The molecule has 2 aromatic rings. The van der Waals surface area contributed by atoms with Crippen LogP contribution in [0.1, 0.15) is 6.42 Å². The molecular formula is C15H14N2O3. The first-order valence-electron chi connectivity index (χ1n) is 6.01. The summed E-state index contributed by atoms with van der Waals surface area (Å²) in [5, 5.41) is 13.7. The van der Waals surface area contributed by atoms with Crippen LogP contribution in [0.15, 0.2) is 30.5 Å². The van der Waals surface area contributed by atoms with Gasteiger partial charge >= 0.3 is 5.97 Å². The van der Waals surface area contributed by atoms with Gasteiger partial charge in [-0.3, -0.25) is 0 Å². The van der Waals surface area contributed by atoms with Crippen LogP contribution in [0.4, 0.5) is 5.82 Å². The first-order valence-corrected chi connectivity index (χ1v) is 6.01. The number of hydrogen-bond donors (Lipinski definition) is 2. The molecule has 0 saturated heterocycles. The third-order valence-electron chi connectivity index (χ3n) is 2.90. The molecular weight excluding hydrogens is 256 g/mol. The monoisotopic (exact) mass is 270 g/mol. The number of hydrogen-bond acceptors (Lipinski definition) is 4. The third-order valence-corrected chi connectivity index (χ3v) is 2.90. The summed E-state index contributed by atoms with van der Waals surface area (Å²) in [6, 6.07) is 6.50. The number of benzene rings is 1. The number of nitrogens with zero attached hydrogens (tertiary/aromatic N) is 1. The molecule has 1 heterocycles. The molecule has 0 aliphatic rings. The molecule has 0 bridgehead atoms. The maximum absolute atomic E-state index is 11.1. The van der Waals surface area contributed by atoms with Crippen LogP contribution in [0.5, 0.6) is 5.75 Å². The van der Waals surface area contributed by atoms with Crippen LogP contribution in [-0.4, -0.2) is 29.2 Å². The molecule has 20 heavy (non-hydrogen) atoms. The molecule has 0 radical (unpaired) electrons. The number of ether oxygens (including phenoxy) is 1. The van der Waals surface area contributed by atoms with Crippen molar-refractivity contribution in [2.75, 3.05) is 12.4 Å². The molecule has 1 aromatic heterocycles. The lowest BCUT2D eigenvalue weighted by atomic mass is 10.1. The van der Waals surface area contributed by atoms with E-state index in [-0.39, 0.29) is 6.42 Å². The number of carboxylic acids is 1. The average Bonchev–Trinajstić information content (AvgIpc) is 2.46. The third kappa shape index (κ3) is 2.81. The first-order chi connectivity index (χ1) is 9.65. The highest BCUT2D eigenvalue weighted by Crippen LogP contribution is 2.26. The summed E-state index contributed by atoms with van der Waals surface area (Å²) in [6.07, 6.45) is 6.88. The van der Waals surface area contributed by atoms with Gasteiger partial charge in [-0.05, 0) is 23.6 Å². The molecule has 0 fully saturated rings. The quantitative estimate of drug-likeness (QED) is 0.814. The highest BCUT2D eigenvalue weighted by atomic mass is 16.5.